The Morgan fingerprint density at radius 1 is 1.10 bits per heavy atom. The summed E-state index contributed by atoms with van der Waals surface area (Å²) in [6, 6.07) is 7.10. The molecule has 0 saturated heterocycles. The van der Waals surface area contributed by atoms with Gasteiger partial charge in [0.15, 0.2) is 0 Å². The van der Waals surface area contributed by atoms with Crippen molar-refractivity contribution in [2.45, 2.75) is 53.9 Å². The van der Waals surface area contributed by atoms with Gasteiger partial charge in [0.25, 0.3) is 0 Å². The number of carbonyl (C=O) groups excluding carboxylic acids is 1. The molecule has 0 spiro atoms. The molecule has 0 heterocycles. The maximum atomic E-state index is 12.1. The van der Waals surface area contributed by atoms with Crippen molar-refractivity contribution in [3.63, 3.8) is 0 Å². The predicted octanol–water partition coefficient (Wildman–Crippen LogP) is 6.74. The molecule has 0 aromatic heterocycles. The minimum absolute atomic E-state index is 0.153. The Labute approximate surface area is 175 Å². The van der Waals surface area contributed by atoms with Crippen LogP contribution in [0.25, 0.3) is 0 Å². The molecule has 0 bridgehead atoms. The zero-order valence-corrected chi connectivity index (χ0v) is 18.4. The van der Waals surface area contributed by atoms with Gasteiger partial charge in [0.1, 0.15) is 0 Å². The SMILES string of the molecule is CC1=C(/C=C/C(C)=C/C=C/C(C)=C/C(=O)Nc2ccc(N)cc2)C(C)(C)CCC1. The van der Waals surface area contributed by atoms with Crippen molar-refractivity contribution in [2.24, 2.45) is 5.41 Å². The lowest BCUT2D eigenvalue weighted by atomic mass is 9.72. The van der Waals surface area contributed by atoms with E-state index in [9.17, 15) is 4.79 Å². The average Bonchev–Trinajstić information content (AvgIpc) is 2.62. The average molecular weight is 391 g/mol. The Hall–Kier alpha value is -2.81. The van der Waals surface area contributed by atoms with Gasteiger partial charge < -0.3 is 11.1 Å². The first-order valence-electron chi connectivity index (χ1n) is 10.3. The monoisotopic (exact) mass is 390 g/mol. The summed E-state index contributed by atoms with van der Waals surface area (Å²) < 4.78 is 0. The van der Waals surface area contributed by atoms with Gasteiger partial charge in [-0.1, -0.05) is 55.4 Å². The lowest BCUT2D eigenvalue weighted by molar-refractivity contribution is -0.111. The molecule has 3 heteroatoms. The lowest BCUT2D eigenvalue weighted by Crippen LogP contribution is -2.19. The first kappa shape index (κ1) is 22.5. The van der Waals surface area contributed by atoms with Crippen molar-refractivity contribution in [3.8, 4) is 0 Å². The van der Waals surface area contributed by atoms with Gasteiger partial charge in [-0.05, 0) is 80.9 Å². The molecule has 0 fully saturated rings. The summed E-state index contributed by atoms with van der Waals surface area (Å²) in [5, 5.41) is 2.83. The van der Waals surface area contributed by atoms with Crippen molar-refractivity contribution in [2.75, 3.05) is 11.1 Å². The molecule has 154 valence electrons. The third kappa shape index (κ3) is 7.26. The van der Waals surface area contributed by atoms with E-state index in [0.29, 0.717) is 5.69 Å². The van der Waals surface area contributed by atoms with Crippen LogP contribution >= 0.6 is 0 Å². The third-order valence-electron chi connectivity index (χ3n) is 5.31. The van der Waals surface area contributed by atoms with E-state index in [0.717, 1.165) is 11.3 Å². The quantitative estimate of drug-likeness (QED) is 0.321. The van der Waals surface area contributed by atoms with Crippen molar-refractivity contribution in [1.82, 2.24) is 0 Å². The fourth-order valence-corrected chi connectivity index (χ4v) is 3.63. The number of anilines is 2. The van der Waals surface area contributed by atoms with E-state index < -0.39 is 0 Å². The zero-order valence-electron chi connectivity index (χ0n) is 18.4. The smallest absolute Gasteiger partial charge is 0.248 e. The van der Waals surface area contributed by atoms with Crippen LogP contribution in [-0.2, 0) is 4.79 Å². The van der Waals surface area contributed by atoms with Crippen LogP contribution in [-0.4, -0.2) is 5.91 Å². The summed E-state index contributed by atoms with van der Waals surface area (Å²) >= 11 is 0. The maximum absolute atomic E-state index is 12.1. The summed E-state index contributed by atoms with van der Waals surface area (Å²) in [6.07, 6.45) is 15.8. The van der Waals surface area contributed by atoms with E-state index >= 15 is 0 Å². The van der Waals surface area contributed by atoms with Crippen LogP contribution < -0.4 is 11.1 Å². The molecule has 1 aromatic rings. The molecule has 29 heavy (non-hydrogen) atoms. The fourth-order valence-electron chi connectivity index (χ4n) is 3.63. The van der Waals surface area contributed by atoms with E-state index in [-0.39, 0.29) is 11.3 Å². The lowest BCUT2D eigenvalue weighted by Gasteiger charge is -2.32. The molecule has 0 unspecified atom stereocenters. The van der Waals surface area contributed by atoms with Gasteiger partial charge in [-0.3, -0.25) is 4.79 Å². The number of carbonyl (C=O) groups is 1. The predicted molar refractivity (Wildman–Crippen MR) is 126 cm³/mol. The molecular formula is C26H34N2O. The van der Waals surface area contributed by atoms with Gasteiger partial charge in [-0.2, -0.15) is 0 Å². The van der Waals surface area contributed by atoms with Gasteiger partial charge in [0, 0.05) is 17.5 Å². The van der Waals surface area contributed by atoms with Crippen molar-refractivity contribution >= 4 is 17.3 Å². The topological polar surface area (TPSA) is 55.1 Å². The van der Waals surface area contributed by atoms with E-state index in [2.05, 4.69) is 51.2 Å². The number of hydrogen-bond acceptors (Lipinski definition) is 2. The van der Waals surface area contributed by atoms with Gasteiger partial charge in [0.05, 0.1) is 0 Å². The van der Waals surface area contributed by atoms with Gasteiger partial charge in [0.2, 0.25) is 5.91 Å². The summed E-state index contributed by atoms with van der Waals surface area (Å²) in [5.41, 5.74) is 12.4. The Balaban J connectivity index is 1.95. The van der Waals surface area contributed by atoms with Crippen molar-refractivity contribution in [1.29, 1.82) is 0 Å². The maximum Gasteiger partial charge on any atom is 0.248 e. The van der Waals surface area contributed by atoms with Crippen LogP contribution in [0.3, 0.4) is 0 Å². The summed E-state index contributed by atoms with van der Waals surface area (Å²) in [6.45, 7) is 10.9. The number of hydrogen-bond donors (Lipinski definition) is 2. The highest BCUT2D eigenvalue weighted by Crippen LogP contribution is 2.40. The number of benzene rings is 1. The van der Waals surface area contributed by atoms with E-state index in [1.54, 1.807) is 30.3 Å². The number of nitrogens with one attached hydrogen (secondary N) is 1. The molecule has 3 nitrogen and oxygen atoms in total. The van der Waals surface area contributed by atoms with Gasteiger partial charge >= 0.3 is 0 Å². The van der Waals surface area contributed by atoms with Crippen LogP contribution in [0.5, 0.6) is 0 Å². The minimum Gasteiger partial charge on any atom is -0.399 e. The molecule has 1 aliphatic rings. The normalized spacial score (nSPS) is 18.0. The highest BCUT2D eigenvalue weighted by atomic mass is 16.1. The highest BCUT2D eigenvalue weighted by molar-refractivity contribution is 6.00. The molecule has 1 aromatic carbocycles. The van der Waals surface area contributed by atoms with Crippen LogP contribution in [0.2, 0.25) is 0 Å². The molecule has 2 rings (SSSR count). The van der Waals surface area contributed by atoms with Crippen LogP contribution in [0.4, 0.5) is 11.4 Å². The molecule has 1 aliphatic carbocycles. The number of nitrogen functional groups attached to an aromatic ring is 1. The fraction of sp³-hybridized carbons (Fsp3) is 0.346. The second kappa shape index (κ2) is 10.1. The molecule has 0 saturated carbocycles. The van der Waals surface area contributed by atoms with E-state index in [1.165, 1.54) is 36.0 Å². The number of amides is 1. The van der Waals surface area contributed by atoms with Gasteiger partial charge in [-0.25, -0.2) is 0 Å². The Bertz CT molecular complexity index is 878. The van der Waals surface area contributed by atoms with E-state index in [1.807, 2.05) is 19.1 Å². The second-order valence-corrected chi connectivity index (χ2v) is 8.53. The molecule has 0 radical (unpaired) electrons. The Kier molecular flexibility index (Phi) is 7.83. The van der Waals surface area contributed by atoms with Gasteiger partial charge in [-0.15, -0.1) is 0 Å². The summed E-state index contributed by atoms with van der Waals surface area (Å²) in [4.78, 5) is 12.1. The van der Waals surface area contributed by atoms with E-state index in [4.69, 9.17) is 5.73 Å². The molecule has 1 amide bonds. The zero-order chi connectivity index (χ0) is 21.4. The van der Waals surface area contributed by atoms with Crippen LogP contribution in [0.1, 0.15) is 53.9 Å². The summed E-state index contributed by atoms with van der Waals surface area (Å²) in [5.74, 6) is -0.153. The van der Waals surface area contributed by atoms with Crippen LogP contribution in [0.15, 0.2) is 83.0 Å². The Morgan fingerprint density at radius 2 is 1.79 bits per heavy atom. The highest BCUT2D eigenvalue weighted by Gasteiger charge is 2.26. The molecule has 0 aliphatic heterocycles. The standard InChI is InChI=1S/C26H34N2O/c1-19(11-16-24-21(3)10-7-17-26(24,4)5)8-6-9-20(2)18-25(29)28-23-14-12-22(27)13-15-23/h6,8-9,11-16,18H,7,10,17,27H2,1-5H3,(H,28,29)/b9-6+,16-11+,19-8+,20-18+. The first-order chi connectivity index (χ1) is 13.7. The largest absolute Gasteiger partial charge is 0.399 e. The number of nitrogens with two attached hydrogens (primary N) is 1. The molecule has 0 atom stereocenters. The molecule has 3 N–H and O–H groups in total. The molecular weight excluding hydrogens is 356 g/mol. The first-order valence-corrected chi connectivity index (χ1v) is 10.3. The number of allylic oxidation sites excluding steroid dienone is 9. The Morgan fingerprint density at radius 3 is 2.45 bits per heavy atom. The third-order valence-corrected chi connectivity index (χ3v) is 5.31. The second-order valence-electron chi connectivity index (χ2n) is 8.53. The van der Waals surface area contributed by atoms with Crippen LogP contribution in [0, 0.1) is 5.41 Å². The summed E-state index contributed by atoms with van der Waals surface area (Å²) in [7, 11) is 0. The van der Waals surface area contributed by atoms with Crippen molar-refractivity contribution < 1.29 is 4.79 Å². The number of rotatable bonds is 6. The minimum atomic E-state index is -0.153. The van der Waals surface area contributed by atoms with Crippen molar-refractivity contribution in [3.05, 3.63) is 83.0 Å².